The van der Waals surface area contributed by atoms with E-state index < -0.39 is 0 Å². The summed E-state index contributed by atoms with van der Waals surface area (Å²) < 4.78 is 0. The van der Waals surface area contributed by atoms with E-state index in [0.29, 0.717) is 5.92 Å². The molecule has 0 aromatic carbocycles. The Kier molecular flexibility index (Phi) is 4.53. The van der Waals surface area contributed by atoms with Crippen molar-refractivity contribution in [3.05, 3.63) is 0 Å². The Bertz CT molecular complexity index is 167. The SMILES string of the molecule is O=C(CCl)N1CCC(CCO)CC1. The van der Waals surface area contributed by atoms with Crippen LogP contribution in [-0.4, -0.2) is 41.5 Å². The molecule has 13 heavy (non-hydrogen) atoms. The summed E-state index contributed by atoms with van der Waals surface area (Å²) in [6, 6.07) is 0. The molecule has 1 fully saturated rings. The third-order valence-electron chi connectivity index (χ3n) is 2.62. The number of nitrogens with zero attached hydrogens (tertiary/aromatic N) is 1. The van der Waals surface area contributed by atoms with Gasteiger partial charge >= 0.3 is 0 Å². The predicted octanol–water partition coefficient (Wildman–Crippen LogP) is 0.846. The van der Waals surface area contributed by atoms with E-state index >= 15 is 0 Å². The molecule has 1 aliphatic rings. The summed E-state index contributed by atoms with van der Waals surface area (Å²) >= 11 is 5.45. The van der Waals surface area contributed by atoms with Crippen LogP contribution in [-0.2, 0) is 4.79 Å². The highest BCUT2D eigenvalue weighted by molar-refractivity contribution is 6.27. The van der Waals surface area contributed by atoms with E-state index in [4.69, 9.17) is 16.7 Å². The molecule has 0 radical (unpaired) electrons. The van der Waals surface area contributed by atoms with Crippen molar-refractivity contribution in [2.75, 3.05) is 25.6 Å². The molecule has 1 rings (SSSR count). The molecule has 0 aromatic rings. The average molecular weight is 206 g/mol. The molecule has 4 heteroatoms. The Hall–Kier alpha value is -0.280. The monoisotopic (exact) mass is 205 g/mol. The molecule has 1 saturated heterocycles. The minimum Gasteiger partial charge on any atom is -0.396 e. The van der Waals surface area contributed by atoms with Crippen molar-refractivity contribution < 1.29 is 9.90 Å². The summed E-state index contributed by atoms with van der Waals surface area (Å²) in [4.78, 5) is 13.0. The van der Waals surface area contributed by atoms with E-state index in [9.17, 15) is 4.79 Å². The second-order valence-electron chi connectivity index (χ2n) is 3.47. The van der Waals surface area contributed by atoms with Crippen LogP contribution in [0.4, 0.5) is 0 Å². The summed E-state index contributed by atoms with van der Waals surface area (Å²) in [6.45, 7) is 1.86. The van der Waals surface area contributed by atoms with Crippen LogP contribution in [0.5, 0.6) is 0 Å². The van der Waals surface area contributed by atoms with Gasteiger partial charge in [0.25, 0.3) is 0 Å². The van der Waals surface area contributed by atoms with Gasteiger partial charge in [-0.3, -0.25) is 4.79 Å². The molecule has 1 heterocycles. The van der Waals surface area contributed by atoms with Crippen molar-refractivity contribution in [3.63, 3.8) is 0 Å². The number of aliphatic hydroxyl groups excluding tert-OH is 1. The smallest absolute Gasteiger partial charge is 0.237 e. The Morgan fingerprint density at radius 2 is 2.08 bits per heavy atom. The molecule has 0 bridgehead atoms. The molecule has 0 aliphatic carbocycles. The number of carbonyl (C=O) groups is 1. The van der Waals surface area contributed by atoms with Crippen molar-refractivity contribution >= 4 is 17.5 Å². The Balaban J connectivity index is 2.26. The van der Waals surface area contributed by atoms with Crippen molar-refractivity contribution in [3.8, 4) is 0 Å². The van der Waals surface area contributed by atoms with Crippen molar-refractivity contribution in [2.24, 2.45) is 5.92 Å². The third-order valence-corrected chi connectivity index (χ3v) is 2.85. The van der Waals surface area contributed by atoms with Crippen LogP contribution < -0.4 is 0 Å². The molecule has 0 saturated carbocycles. The van der Waals surface area contributed by atoms with Gasteiger partial charge in [0.1, 0.15) is 5.88 Å². The second-order valence-corrected chi connectivity index (χ2v) is 3.74. The number of likely N-dealkylation sites (tertiary alicyclic amines) is 1. The number of amides is 1. The number of halogens is 1. The van der Waals surface area contributed by atoms with Crippen LogP contribution >= 0.6 is 11.6 Å². The van der Waals surface area contributed by atoms with Gasteiger partial charge in [0.2, 0.25) is 5.91 Å². The van der Waals surface area contributed by atoms with Crippen molar-refractivity contribution in [1.82, 2.24) is 4.90 Å². The first-order valence-corrected chi connectivity index (χ1v) is 5.26. The van der Waals surface area contributed by atoms with Crippen LogP contribution in [0.1, 0.15) is 19.3 Å². The number of carbonyl (C=O) groups excluding carboxylic acids is 1. The van der Waals surface area contributed by atoms with E-state index in [1.165, 1.54) is 0 Å². The number of piperidine rings is 1. The first-order chi connectivity index (χ1) is 6.27. The third kappa shape index (κ3) is 3.16. The maximum Gasteiger partial charge on any atom is 0.237 e. The lowest BCUT2D eigenvalue weighted by Gasteiger charge is -2.31. The van der Waals surface area contributed by atoms with Crippen molar-refractivity contribution in [1.29, 1.82) is 0 Å². The van der Waals surface area contributed by atoms with E-state index in [-0.39, 0.29) is 18.4 Å². The zero-order valence-corrected chi connectivity index (χ0v) is 8.46. The summed E-state index contributed by atoms with van der Waals surface area (Å²) in [5.74, 6) is 0.707. The molecule has 1 aliphatic heterocycles. The average Bonchev–Trinajstić information content (AvgIpc) is 2.18. The van der Waals surface area contributed by atoms with Gasteiger partial charge in [-0.05, 0) is 25.2 Å². The van der Waals surface area contributed by atoms with Gasteiger partial charge in [-0.1, -0.05) is 0 Å². The molecule has 0 aromatic heterocycles. The van der Waals surface area contributed by atoms with Crippen LogP contribution in [0.3, 0.4) is 0 Å². The zero-order chi connectivity index (χ0) is 9.68. The van der Waals surface area contributed by atoms with Gasteiger partial charge in [0.05, 0.1) is 0 Å². The lowest BCUT2D eigenvalue weighted by Crippen LogP contribution is -2.39. The van der Waals surface area contributed by atoms with Crippen LogP contribution in [0, 0.1) is 5.92 Å². The number of rotatable bonds is 3. The van der Waals surface area contributed by atoms with Gasteiger partial charge in [-0.25, -0.2) is 0 Å². The predicted molar refractivity (Wildman–Crippen MR) is 51.7 cm³/mol. The minimum absolute atomic E-state index is 0.0316. The Morgan fingerprint density at radius 3 is 2.54 bits per heavy atom. The van der Waals surface area contributed by atoms with Gasteiger partial charge in [0.15, 0.2) is 0 Å². The number of hydrogen-bond donors (Lipinski definition) is 1. The van der Waals surface area contributed by atoms with E-state index in [1.807, 2.05) is 0 Å². The maximum atomic E-state index is 11.2. The fourth-order valence-corrected chi connectivity index (χ4v) is 1.91. The van der Waals surface area contributed by atoms with E-state index in [0.717, 1.165) is 32.4 Å². The van der Waals surface area contributed by atoms with Crippen LogP contribution in [0.2, 0.25) is 0 Å². The molecule has 1 N–H and O–H groups in total. The molecule has 1 amide bonds. The zero-order valence-electron chi connectivity index (χ0n) is 7.71. The fourth-order valence-electron chi connectivity index (χ4n) is 1.74. The Labute approximate surface area is 83.7 Å². The van der Waals surface area contributed by atoms with Gasteiger partial charge in [-0.15, -0.1) is 11.6 Å². The van der Waals surface area contributed by atoms with Gasteiger partial charge < -0.3 is 10.0 Å². The fraction of sp³-hybridized carbons (Fsp3) is 0.889. The molecule has 0 atom stereocenters. The summed E-state index contributed by atoms with van der Waals surface area (Å²) in [7, 11) is 0. The topological polar surface area (TPSA) is 40.5 Å². The highest BCUT2D eigenvalue weighted by Gasteiger charge is 2.21. The number of hydrogen-bond acceptors (Lipinski definition) is 2. The lowest BCUT2D eigenvalue weighted by molar-refractivity contribution is -0.129. The largest absolute Gasteiger partial charge is 0.396 e. The number of aliphatic hydroxyl groups is 1. The maximum absolute atomic E-state index is 11.2. The molecular weight excluding hydrogens is 190 g/mol. The van der Waals surface area contributed by atoms with E-state index in [1.54, 1.807) is 4.90 Å². The van der Waals surface area contributed by atoms with Crippen LogP contribution in [0.25, 0.3) is 0 Å². The first-order valence-electron chi connectivity index (χ1n) is 4.72. The number of alkyl halides is 1. The quantitative estimate of drug-likeness (QED) is 0.694. The highest BCUT2D eigenvalue weighted by atomic mass is 35.5. The van der Waals surface area contributed by atoms with E-state index in [2.05, 4.69) is 0 Å². The Morgan fingerprint density at radius 1 is 1.46 bits per heavy atom. The van der Waals surface area contributed by atoms with Gasteiger partial charge in [-0.2, -0.15) is 0 Å². The summed E-state index contributed by atoms with van der Waals surface area (Å²) in [5, 5.41) is 8.74. The lowest BCUT2D eigenvalue weighted by atomic mass is 9.94. The van der Waals surface area contributed by atoms with Crippen LogP contribution in [0.15, 0.2) is 0 Å². The first kappa shape index (κ1) is 10.8. The molecule has 0 spiro atoms. The molecular formula is C9H16ClNO2. The summed E-state index contributed by atoms with van der Waals surface area (Å²) in [6.07, 6.45) is 2.87. The molecule has 76 valence electrons. The standard InChI is InChI=1S/C9H16ClNO2/c10-7-9(13)11-4-1-8(2-5-11)3-6-12/h8,12H,1-7H2. The normalized spacial score (nSPS) is 19.1. The highest BCUT2D eigenvalue weighted by Crippen LogP contribution is 2.19. The second kappa shape index (κ2) is 5.45. The minimum atomic E-state index is 0.0316. The van der Waals surface area contributed by atoms with Gasteiger partial charge in [0, 0.05) is 19.7 Å². The van der Waals surface area contributed by atoms with Crippen molar-refractivity contribution in [2.45, 2.75) is 19.3 Å². The summed E-state index contributed by atoms with van der Waals surface area (Å²) in [5.41, 5.74) is 0. The molecule has 0 unspecified atom stereocenters. The molecule has 3 nitrogen and oxygen atoms in total.